The lowest BCUT2D eigenvalue weighted by Crippen LogP contribution is -2.33. The molecule has 2 aliphatic heterocycles. The molecule has 0 unspecified atom stereocenters. The molecule has 2 fully saturated rings. The second-order valence-electron chi connectivity index (χ2n) is 9.57. The second kappa shape index (κ2) is 11.0. The van der Waals surface area contributed by atoms with Gasteiger partial charge in [0, 0.05) is 44.7 Å². The summed E-state index contributed by atoms with van der Waals surface area (Å²) >= 11 is 6.58. The number of nitrogens with zero attached hydrogens (tertiary/aromatic N) is 5. The minimum absolute atomic E-state index is 0.0526. The van der Waals surface area contributed by atoms with Crippen LogP contribution in [0, 0.1) is 0 Å². The Labute approximate surface area is 230 Å². The molecule has 39 heavy (non-hydrogen) atoms. The molecule has 10 heteroatoms. The summed E-state index contributed by atoms with van der Waals surface area (Å²) in [6.07, 6.45) is 7.50. The highest BCUT2D eigenvalue weighted by Crippen LogP contribution is 2.32. The zero-order valence-corrected chi connectivity index (χ0v) is 22.0. The first kappa shape index (κ1) is 25.2. The molecule has 0 radical (unpaired) electrons. The first-order chi connectivity index (χ1) is 19.1. The molecule has 4 aromatic rings. The molecule has 2 aliphatic rings. The highest BCUT2D eigenvalue weighted by Gasteiger charge is 2.30. The van der Waals surface area contributed by atoms with Crippen molar-refractivity contribution < 1.29 is 14.3 Å². The molecule has 0 bridgehead atoms. The zero-order valence-electron chi connectivity index (χ0n) is 21.3. The van der Waals surface area contributed by atoms with E-state index < -0.39 is 0 Å². The molecule has 6 rings (SSSR count). The number of benzene rings is 2. The van der Waals surface area contributed by atoms with Crippen molar-refractivity contribution in [2.45, 2.75) is 12.5 Å². The fourth-order valence-electron chi connectivity index (χ4n) is 5.15. The Kier molecular flexibility index (Phi) is 7.08. The predicted octanol–water partition coefficient (Wildman–Crippen LogP) is 4.25. The van der Waals surface area contributed by atoms with Crippen molar-refractivity contribution >= 4 is 28.5 Å². The van der Waals surface area contributed by atoms with Gasteiger partial charge < -0.3 is 19.3 Å². The number of para-hydroxylation sites is 1. The van der Waals surface area contributed by atoms with Crippen LogP contribution in [-0.4, -0.2) is 69.2 Å². The number of morpholine rings is 1. The number of likely N-dealkylation sites (tertiary alicyclic amines) is 1. The number of amides is 1. The fourth-order valence-corrected chi connectivity index (χ4v) is 5.37. The second-order valence-corrected chi connectivity index (χ2v) is 9.98. The lowest BCUT2D eigenvalue weighted by atomic mass is 10.2. The van der Waals surface area contributed by atoms with Crippen molar-refractivity contribution in [1.29, 1.82) is 0 Å². The van der Waals surface area contributed by atoms with Gasteiger partial charge in [0.2, 0.25) is 5.91 Å². The van der Waals surface area contributed by atoms with Gasteiger partial charge in [0.15, 0.2) is 0 Å². The zero-order chi connectivity index (χ0) is 26.8. The summed E-state index contributed by atoms with van der Waals surface area (Å²) in [5.41, 5.74) is 1.85. The van der Waals surface area contributed by atoms with E-state index in [9.17, 15) is 9.59 Å². The normalized spacial score (nSPS) is 17.8. The van der Waals surface area contributed by atoms with E-state index in [1.165, 1.54) is 0 Å². The Hall–Kier alpha value is -4.08. The van der Waals surface area contributed by atoms with Gasteiger partial charge in [-0.25, -0.2) is 4.79 Å². The van der Waals surface area contributed by atoms with Crippen LogP contribution < -0.4 is 10.4 Å². The Morgan fingerprint density at radius 3 is 2.67 bits per heavy atom. The van der Waals surface area contributed by atoms with Crippen LogP contribution in [0.2, 0.25) is 5.02 Å². The molecule has 2 saturated heterocycles. The van der Waals surface area contributed by atoms with Gasteiger partial charge in [-0.15, -0.1) is 0 Å². The van der Waals surface area contributed by atoms with E-state index in [2.05, 4.69) is 9.88 Å². The maximum atomic E-state index is 13.9. The quantitative estimate of drug-likeness (QED) is 0.337. The van der Waals surface area contributed by atoms with Crippen LogP contribution in [0.25, 0.3) is 16.7 Å². The monoisotopic (exact) mass is 545 g/mol. The molecule has 0 N–H and O–H groups in total. The first-order valence-electron chi connectivity index (χ1n) is 13.0. The van der Waals surface area contributed by atoms with Gasteiger partial charge in [-0.05, 0) is 42.8 Å². The Morgan fingerprint density at radius 1 is 1.05 bits per heavy atom. The minimum atomic E-state index is -0.200. The highest BCUT2D eigenvalue weighted by atomic mass is 35.5. The van der Waals surface area contributed by atoms with E-state index in [1.54, 1.807) is 44.6 Å². The summed E-state index contributed by atoms with van der Waals surface area (Å²) in [7, 11) is 0. The predicted molar refractivity (Wildman–Crippen MR) is 149 cm³/mol. The van der Waals surface area contributed by atoms with Crippen LogP contribution in [-0.2, 0) is 9.53 Å². The number of rotatable bonds is 6. The van der Waals surface area contributed by atoms with Crippen LogP contribution in [0.3, 0.4) is 0 Å². The smallest absolute Gasteiger partial charge is 0.334 e. The van der Waals surface area contributed by atoms with Crippen molar-refractivity contribution in [3.8, 4) is 17.2 Å². The third kappa shape index (κ3) is 5.15. The van der Waals surface area contributed by atoms with Gasteiger partial charge in [-0.3, -0.25) is 18.9 Å². The molecule has 1 amide bonds. The lowest BCUT2D eigenvalue weighted by molar-refractivity contribution is -0.125. The summed E-state index contributed by atoms with van der Waals surface area (Å²) in [6.45, 7) is 3.93. The molecule has 200 valence electrons. The molecule has 4 heterocycles. The van der Waals surface area contributed by atoms with E-state index >= 15 is 0 Å². The van der Waals surface area contributed by atoms with E-state index in [0.29, 0.717) is 60.4 Å². The van der Waals surface area contributed by atoms with Gasteiger partial charge in [-0.2, -0.15) is 0 Å². The van der Waals surface area contributed by atoms with Crippen LogP contribution in [0.4, 0.5) is 0 Å². The Balaban J connectivity index is 1.26. The van der Waals surface area contributed by atoms with E-state index in [0.717, 1.165) is 18.6 Å². The average molecular weight is 546 g/mol. The van der Waals surface area contributed by atoms with E-state index in [-0.39, 0.29) is 17.6 Å². The maximum Gasteiger partial charge on any atom is 0.334 e. The number of carbonyl (C=O) groups is 1. The Bertz CT molecular complexity index is 1580. The highest BCUT2D eigenvalue weighted by molar-refractivity contribution is 6.32. The molecular formula is C29H28ClN5O4. The summed E-state index contributed by atoms with van der Waals surface area (Å²) in [5, 5.41) is 0.387. The number of halogens is 1. The van der Waals surface area contributed by atoms with Gasteiger partial charge in [0.25, 0.3) is 0 Å². The number of hydrogen-bond acceptors (Lipinski definition) is 6. The van der Waals surface area contributed by atoms with Gasteiger partial charge in [0.1, 0.15) is 11.5 Å². The number of pyridine rings is 1. The number of ether oxygens (including phenoxy) is 2. The molecule has 2 aromatic carbocycles. The first-order valence-corrected chi connectivity index (χ1v) is 13.3. The lowest BCUT2D eigenvalue weighted by Gasteiger charge is -2.25. The van der Waals surface area contributed by atoms with Crippen LogP contribution in [0.5, 0.6) is 11.5 Å². The number of aromatic nitrogens is 3. The van der Waals surface area contributed by atoms with E-state index in [1.807, 2.05) is 48.7 Å². The number of imidazole rings is 1. The van der Waals surface area contributed by atoms with Crippen molar-refractivity contribution in [2.75, 3.05) is 39.4 Å². The van der Waals surface area contributed by atoms with Crippen LogP contribution in [0.15, 0.2) is 84.1 Å². The molecule has 9 nitrogen and oxygen atoms in total. The van der Waals surface area contributed by atoms with Crippen molar-refractivity contribution in [3.05, 3.63) is 94.8 Å². The largest absolute Gasteiger partial charge is 0.456 e. The van der Waals surface area contributed by atoms with Gasteiger partial charge in [-0.1, -0.05) is 29.8 Å². The maximum absolute atomic E-state index is 13.9. The Morgan fingerprint density at radius 2 is 1.87 bits per heavy atom. The third-order valence-corrected chi connectivity index (χ3v) is 7.43. The SMILES string of the molecule is O=C(/C=C/N1CCOCC1)N1CC[C@@H](n2c(=O)n(-c3ccc(Oc4ccccc4)c(Cl)c3)c3cnccc32)C1. The fraction of sp³-hybridized carbons (Fsp3) is 0.276. The molecule has 0 aliphatic carbocycles. The van der Waals surface area contributed by atoms with Gasteiger partial charge in [0.05, 0.1) is 47.2 Å². The topological polar surface area (TPSA) is 81.8 Å². The standard InChI is InChI=1S/C29H28ClN5O4/c30-24-18-21(6-7-27(24)39-23-4-2-1-3-5-23)34-26-19-31-11-8-25(26)35(29(34)37)22-9-13-33(20-22)28(36)10-12-32-14-16-38-17-15-32/h1-8,10-12,18-19,22H,9,13-17,20H2/b12-10+/t22-/m1/s1. The summed E-state index contributed by atoms with van der Waals surface area (Å²) < 4.78 is 14.7. The number of hydrogen-bond donors (Lipinski definition) is 0. The molecule has 1 atom stereocenters. The molecular weight excluding hydrogens is 518 g/mol. The van der Waals surface area contributed by atoms with Crippen molar-refractivity contribution in [1.82, 2.24) is 23.9 Å². The van der Waals surface area contributed by atoms with Crippen LogP contribution >= 0.6 is 11.6 Å². The van der Waals surface area contributed by atoms with Crippen molar-refractivity contribution in [2.24, 2.45) is 0 Å². The summed E-state index contributed by atoms with van der Waals surface area (Å²) in [5.74, 6) is 1.12. The third-order valence-electron chi connectivity index (χ3n) is 7.13. The van der Waals surface area contributed by atoms with Gasteiger partial charge >= 0.3 is 5.69 Å². The van der Waals surface area contributed by atoms with Crippen molar-refractivity contribution in [3.63, 3.8) is 0 Å². The number of carbonyl (C=O) groups excluding carboxylic acids is 1. The minimum Gasteiger partial charge on any atom is -0.456 e. The molecule has 0 spiro atoms. The average Bonchev–Trinajstić information content (AvgIpc) is 3.56. The summed E-state index contributed by atoms with van der Waals surface area (Å²) in [6, 6.07) is 16.4. The molecule has 2 aromatic heterocycles. The molecule has 0 saturated carbocycles. The summed E-state index contributed by atoms with van der Waals surface area (Å²) in [4.78, 5) is 34.9. The van der Waals surface area contributed by atoms with Crippen LogP contribution in [0.1, 0.15) is 12.5 Å². The van der Waals surface area contributed by atoms with E-state index in [4.69, 9.17) is 21.1 Å². The number of fused-ring (bicyclic) bond motifs is 1.